The zero-order chi connectivity index (χ0) is 9.56. The van der Waals surface area contributed by atoms with E-state index in [0.29, 0.717) is 5.92 Å². The highest BCUT2D eigenvalue weighted by Crippen LogP contribution is 2.19. The molecule has 0 aromatic carbocycles. The Morgan fingerprint density at radius 2 is 1.92 bits per heavy atom. The number of hydrogen-bond donors (Lipinski definition) is 0. The van der Waals surface area contributed by atoms with Crippen molar-refractivity contribution < 1.29 is 0 Å². The van der Waals surface area contributed by atoms with Gasteiger partial charge in [0.25, 0.3) is 0 Å². The van der Waals surface area contributed by atoms with Gasteiger partial charge < -0.3 is 0 Å². The van der Waals surface area contributed by atoms with E-state index in [2.05, 4.69) is 40.7 Å². The molecule has 0 saturated heterocycles. The number of allylic oxidation sites excluding steroid dienone is 2. The molecule has 2 unspecified atom stereocenters. The number of rotatable bonds is 5. The highest BCUT2D eigenvalue weighted by atomic mass is 14.1. The first-order valence-electron chi connectivity index (χ1n) is 4.87. The van der Waals surface area contributed by atoms with Crippen LogP contribution in [0.1, 0.15) is 40.0 Å². The van der Waals surface area contributed by atoms with Gasteiger partial charge in [-0.2, -0.15) is 0 Å². The van der Waals surface area contributed by atoms with Crippen LogP contribution in [-0.4, -0.2) is 0 Å². The van der Waals surface area contributed by atoms with Crippen LogP contribution in [0.5, 0.6) is 0 Å². The van der Waals surface area contributed by atoms with E-state index in [1.807, 2.05) is 0 Å². The summed E-state index contributed by atoms with van der Waals surface area (Å²) in [6.07, 6.45) is 5.54. The molecule has 12 heavy (non-hydrogen) atoms. The molecule has 0 heterocycles. The van der Waals surface area contributed by atoms with Gasteiger partial charge in [0.05, 0.1) is 0 Å². The second-order valence-electron chi connectivity index (χ2n) is 3.74. The molecule has 0 aliphatic rings. The molecule has 0 bridgehead atoms. The lowest BCUT2D eigenvalue weighted by atomic mass is 9.90. The fraction of sp³-hybridized carbons (Fsp3) is 0.667. The summed E-state index contributed by atoms with van der Waals surface area (Å²) >= 11 is 0. The Morgan fingerprint density at radius 1 is 1.33 bits per heavy atom. The summed E-state index contributed by atoms with van der Waals surface area (Å²) in [6.45, 7) is 14.5. The van der Waals surface area contributed by atoms with Crippen molar-refractivity contribution >= 4 is 0 Å². The zero-order valence-electron chi connectivity index (χ0n) is 8.77. The molecular weight excluding hydrogens is 144 g/mol. The van der Waals surface area contributed by atoms with Gasteiger partial charge in [-0.05, 0) is 32.1 Å². The van der Waals surface area contributed by atoms with Crippen LogP contribution in [0.3, 0.4) is 0 Å². The lowest BCUT2D eigenvalue weighted by Gasteiger charge is -2.16. The van der Waals surface area contributed by atoms with Crippen molar-refractivity contribution in [3.05, 3.63) is 25.5 Å². The fourth-order valence-electron chi connectivity index (χ4n) is 1.28. The fourth-order valence-corrected chi connectivity index (χ4v) is 1.28. The van der Waals surface area contributed by atoms with Crippen molar-refractivity contribution in [1.82, 2.24) is 0 Å². The summed E-state index contributed by atoms with van der Waals surface area (Å²) in [7, 11) is 0. The van der Waals surface area contributed by atoms with Crippen LogP contribution in [0.25, 0.3) is 0 Å². The van der Waals surface area contributed by atoms with E-state index in [4.69, 9.17) is 0 Å². The second kappa shape index (κ2) is 6.28. The highest BCUT2D eigenvalue weighted by molar-refractivity contribution is 5.01. The predicted octanol–water partition coefficient (Wildman–Crippen LogP) is 4.04. The van der Waals surface area contributed by atoms with Crippen LogP contribution < -0.4 is 0 Å². The molecule has 0 rings (SSSR count). The lowest BCUT2D eigenvalue weighted by molar-refractivity contribution is 0.429. The van der Waals surface area contributed by atoms with Gasteiger partial charge in [-0.25, -0.2) is 0 Å². The highest BCUT2D eigenvalue weighted by Gasteiger charge is 2.07. The van der Waals surface area contributed by atoms with E-state index in [1.54, 1.807) is 0 Å². The van der Waals surface area contributed by atoms with E-state index in [1.165, 1.54) is 12.0 Å². The Hall–Kier alpha value is -0.260. The summed E-state index contributed by atoms with van der Waals surface area (Å²) in [5.41, 5.74) is 1.40. The molecular formula is C12H22. The Bertz CT molecular complexity index is 133. The third-order valence-electron chi connectivity index (χ3n) is 2.50. The maximum atomic E-state index is 3.87. The van der Waals surface area contributed by atoms with Gasteiger partial charge in [0.15, 0.2) is 0 Å². The second-order valence-corrected chi connectivity index (χ2v) is 3.74. The van der Waals surface area contributed by atoms with Crippen molar-refractivity contribution in [3.8, 4) is 0 Å². The van der Waals surface area contributed by atoms with Crippen LogP contribution in [0.15, 0.2) is 11.6 Å². The topological polar surface area (TPSA) is 0 Å². The van der Waals surface area contributed by atoms with Crippen LogP contribution in [0, 0.1) is 25.7 Å². The van der Waals surface area contributed by atoms with Crippen molar-refractivity contribution in [3.63, 3.8) is 0 Å². The standard InChI is InChI=1S/C12H22/c1-6-8-11(4)12(5)9-10(3)7-2/h9,11-12H,1-2,6-8H2,3-5H3/b10-9+. The lowest BCUT2D eigenvalue weighted by Crippen LogP contribution is -2.05. The van der Waals surface area contributed by atoms with Gasteiger partial charge in [0, 0.05) is 0 Å². The van der Waals surface area contributed by atoms with Crippen LogP contribution in [0.4, 0.5) is 0 Å². The Labute approximate surface area is 78.1 Å². The molecule has 0 heteroatoms. The molecule has 0 aliphatic carbocycles. The molecule has 0 aromatic heterocycles. The van der Waals surface area contributed by atoms with E-state index in [0.717, 1.165) is 18.8 Å². The summed E-state index contributed by atoms with van der Waals surface area (Å²) in [5, 5.41) is 0. The minimum Gasteiger partial charge on any atom is -0.0825 e. The third kappa shape index (κ3) is 4.58. The summed E-state index contributed by atoms with van der Waals surface area (Å²) < 4.78 is 0. The van der Waals surface area contributed by atoms with Gasteiger partial charge in [-0.3, -0.25) is 0 Å². The van der Waals surface area contributed by atoms with Crippen LogP contribution >= 0.6 is 0 Å². The maximum Gasteiger partial charge on any atom is -0.0234 e. The molecule has 2 atom stereocenters. The molecule has 0 aliphatic heterocycles. The predicted molar refractivity (Wildman–Crippen MR) is 56.7 cm³/mol. The average Bonchev–Trinajstić information content (AvgIpc) is 2.04. The molecule has 0 amide bonds. The van der Waals surface area contributed by atoms with Crippen LogP contribution in [0.2, 0.25) is 0 Å². The third-order valence-corrected chi connectivity index (χ3v) is 2.50. The van der Waals surface area contributed by atoms with Gasteiger partial charge in [-0.15, -0.1) is 0 Å². The molecule has 0 saturated carbocycles. The van der Waals surface area contributed by atoms with E-state index >= 15 is 0 Å². The van der Waals surface area contributed by atoms with E-state index in [9.17, 15) is 0 Å². The Morgan fingerprint density at radius 3 is 2.33 bits per heavy atom. The summed E-state index contributed by atoms with van der Waals surface area (Å²) in [4.78, 5) is 0. The quantitative estimate of drug-likeness (QED) is 0.541. The zero-order valence-corrected chi connectivity index (χ0v) is 8.77. The van der Waals surface area contributed by atoms with Gasteiger partial charge in [-0.1, -0.05) is 45.3 Å². The van der Waals surface area contributed by atoms with Crippen LogP contribution in [-0.2, 0) is 0 Å². The van der Waals surface area contributed by atoms with E-state index in [-0.39, 0.29) is 0 Å². The largest absolute Gasteiger partial charge is 0.0825 e. The number of hydrogen-bond acceptors (Lipinski definition) is 0. The summed E-state index contributed by atoms with van der Waals surface area (Å²) in [6, 6.07) is 0. The van der Waals surface area contributed by atoms with Crippen molar-refractivity contribution in [2.75, 3.05) is 0 Å². The van der Waals surface area contributed by atoms with Gasteiger partial charge in [0.2, 0.25) is 0 Å². The summed E-state index contributed by atoms with van der Waals surface area (Å²) in [5.74, 6) is 1.43. The first kappa shape index (κ1) is 11.7. The smallest absolute Gasteiger partial charge is 0.0234 e. The maximum absolute atomic E-state index is 3.87. The average molecular weight is 166 g/mol. The SMILES string of the molecule is [CH2]CCC(C)C(C)/C=C(\C)C[CH2]. The normalized spacial score (nSPS) is 17.6. The molecule has 0 fully saturated rings. The molecule has 0 spiro atoms. The van der Waals surface area contributed by atoms with Gasteiger partial charge >= 0.3 is 0 Å². The molecule has 2 radical (unpaired) electrons. The van der Waals surface area contributed by atoms with Crippen molar-refractivity contribution in [2.45, 2.75) is 40.0 Å². The molecule has 70 valence electrons. The first-order chi connectivity index (χ1) is 5.61. The first-order valence-corrected chi connectivity index (χ1v) is 4.87. The molecule has 0 nitrogen and oxygen atoms in total. The van der Waals surface area contributed by atoms with Gasteiger partial charge in [0.1, 0.15) is 0 Å². The Balaban J connectivity index is 3.92. The minimum atomic E-state index is 0.675. The molecule has 0 aromatic rings. The van der Waals surface area contributed by atoms with Crippen molar-refractivity contribution in [2.24, 2.45) is 11.8 Å². The Kier molecular flexibility index (Phi) is 6.14. The van der Waals surface area contributed by atoms with E-state index < -0.39 is 0 Å². The molecule has 0 N–H and O–H groups in total. The minimum absolute atomic E-state index is 0.675. The monoisotopic (exact) mass is 166 g/mol. The van der Waals surface area contributed by atoms with Crippen molar-refractivity contribution in [1.29, 1.82) is 0 Å².